The third kappa shape index (κ3) is 2.66. The van der Waals surface area contributed by atoms with E-state index in [-0.39, 0.29) is 5.92 Å². The van der Waals surface area contributed by atoms with Crippen LogP contribution in [-0.4, -0.2) is 20.2 Å². The number of nitrogens with one attached hydrogen (secondary N) is 1. The van der Waals surface area contributed by atoms with Crippen LogP contribution in [0.1, 0.15) is 35.7 Å². The second-order valence-electron chi connectivity index (χ2n) is 5.19. The standard InChI is InChI=1S/C15H22FNO/c1-10-8-11(2)14(13(9-10)18-3)15(16)12-4-6-17-7-5-12/h8-9,12,15,17H,4-7H2,1-3H3. The molecule has 1 aromatic carbocycles. The van der Waals surface area contributed by atoms with Gasteiger partial charge in [0.2, 0.25) is 0 Å². The summed E-state index contributed by atoms with van der Waals surface area (Å²) in [7, 11) is 1.62. The highest BCUT2D eigenvalue weighted by molar-refractivity contribution is 5.44. The number of hydrogen-bond acceptors (Lipinski definition) is 2. The normalized spacial score (nSPS) is 18.7. The SMILES string of the molecule is COc1cc(C)cc(C)c1C(F)C1CCNCC1. The van der Waals surface area contributed by atoms with E-state index in [1.165, 1.54) is 0 Å². The average Bonchev–Trinajstić information content (AvgIpc) is 2.38. The molecule has 1 saturated heterocycles. The molecule has 0 spiro atoms. The van der Waals surface area contributed by atoms with Gasteiger partial charge in [-0.25, -0.2) is 4.39 Å². The van der Waals surface area contributed by atoms with Gasteiger partial charge in [-0.3, -0.25) is 0 Å². The Kier molecular flexibility index (Phi) is 4.23. The third-order valence-corrected chi connectivity index (χ3v) is 3.79. The molecule has 1 N–H and O–H groups in total. The Morgan fingerprint density at radius 2 is 1.94 bits per heavy atom. The number of piperidine rings is 1. The van der Waals surface area contributed by atoms with E-state index < -0.39 is 6.17 Å². The molecule has 1 fully saturated rings. The third-order valence-electron chi connectivity index (χ3n) is 3.79. The van der Waals surface area contributed by atoms with Crippen LogP contribution in [0.4, 0.5) is 4.39 Å². The van der Waals surface area contributed by atoms with Crippen LogP contribution in [0.3, 0.4) is 0 Å². The van der Waals surface area contributed by atoms with Gasteiger partial charge in [0.05, 0.1) is 7.11 Å². The lowest BCUT2D eigenvalue weighted by molar-refractivity contribution is 0.185. The van der Waals surface area contributed by atoms with Crippen molar-refractivity contribution in [2.45, 2.75) is 32.9 Å². The van der Waals surface area contributed by atoms with Crippen LogP contribution in [-0.2, 0) is 0 Å². The first-order valence-electron chi connectivity index (χ1n) is 6.63. The number of methoxy groups -OCH3 is 1. The van der Waals surface area contributed by atoms with Gasteiger partial charge < -0.3 is 10.1 Å². The first-order chi connectivity index (χ1) is 8.63. The molecule has 1 aliphatic heterocycles. The molecule has 1 aromatic rings. The Labute approximate surface area is 109 Å². The maximum atomic E-state index is 14.8. The van der Waals surface area contributed by atoms with Crippen LogP contribution >= 0.6 is 0 Å². The van der Waals surface area contributed by atoms with E-state index >= 15 is 0 Å². The summed E-state index contributed by atoms with van der Waals surface area (Å²) in [6.07, 6.45) is 0.887. The van der Waals surface area contributed by atoms with Crippen LogP contribution in [0.2, 0.25) is 0 Å². The monoisotopic (exact) mass is 251 g/mol. The van der Waals surface area contributed by atoms with Crippen molar-refractivity contribution in [3.8, 4) is 5.75 Å². The van der Waals surface area contributed by atoms with Crippen LogP contribution in [0.5, 0.6) is 5.75 Å². The summed E-state index contributed by atoms with van der Waals surface area (Å²) in [6, 6.07) is 3.96. The van der Waals surface area contributed by atoms with Crippen LogP contribution in [0.15, 0.2) is 12.1 Å². The largest absolute Gasteiger partial charge is 0.496 e. The predicted octanol–water partition coefficient (Wildman–Crippen LogP) is 3.32. The number of rotatable bonds is 3. The first kappa shape index (κ1) is 13.3. The molecular formula is C15H22FNO. The van der Waals surface area contributed by atoms with E-state index in [0.29, 0.717) is 5.75 Å². The Bertz CT molecular complexity index is 413. The summed E-state index contributed by atoms with van der Waals surface area (Å²) >= 11 is 0. The fraction of sp³-hybridized carbons (Fsp3) is 0.600. The van der Waals surface area contributed by atoms with Gasteiger partial charge in [-0.2, -0.15) is 0 Å². The molecule has 0 radical (unpaired) electrons. The van der Waals surface area contributed by atoms with Crippen molar-refractivity contribution < 1.29 is 9.13 Å². The Hall–Kier alpha value is -1.09. The van der Waals surface area contributed by atoms with E-state index in [1.54, 1.807) is 7.11 Å². The molecule has 0 amide bonds. The molecule has 1 unspecified atom stereocenters. The molecule has 0 saturated carbocycles. The Balaban J connectivity index is 2.30. The van der Waals surface area contributed by atoms with E-state index in [2.05, 4.69) is 5.32 Å². The summed E-state index contributed by atoms with van der Waals surface area (Å²) in [4.78, 5) is 0. The second-order valence-corrected chi connectivity index (χ2v) is 5.19. The van der Waals surface area contributed by atoms with Crippen LogP contribution in [0, 0.1) is 19.8 Å². The fourth-order valence-corrected chi connectivity index (χ4v) is 2.83. The molecule has 0 bridgehead atoms. The number of aryl methyl sites for hydroxylation is 2. The van der Waals surface area contributed by atoms with Crippen molar-refractivity contribution in [2.75, 3.05) is 20.2 Å². The summed E-state index contributed by atoms with van der Waals surface area (Å²) in [5.41, 5.74) is 2.86. The van der Waals surface area contributed by atoms with Gasteiger partial charge >= 0.3 is 0 Å². The smallest absolute Gasteiger partial charge is 0.132 e. The number of ether oxygens (including phenoxy) is 1. The molecule has 3 heteroatoms. The van der Waals surface area contributed by atoms with Crippen molar-refractivity contribution >= 4 is 0 Å². The number of hydrogen-bond donors (Lipinski definition) is 1. The minimum atomic E-state index is -0.914. The van der Waals surface area contributed by atoms with Gasteiger partial charge in [0.15, 0.2) is 0 Å². The molecule has 18 heavy (non-hydrogen) atoms. The lowest BCUT2D eigenvalue weighted by Gasteiger charge is -2.28. The van der Waals surface area contributed by atoms with E-state index in [4.69, 9.17) is 4.74 Å². The van der Waals surface area contributed by atoms with Crippen molar-refractivity contribution in [3.63, 3.8) is 0 Å². The van der Waals surface area contributed by atoms with Crippen molar-refractivity contribution in [3.05, 3.63) is 28.8 Å². The number of benzene rings is 1. The Morgan fingerprint density at radius 3 is 2.56 bits per heavy atom. The fourth-order valence-electron chi connectivity index (χ4n) is 2.83. The zero-order chi connectivity index (χ0) is 13.1. The summed E-state index contributed by atoms with van der Waals surface area (Å²) in [6.45, 7) is 5.81. The van der Waals surface area contributed by atoms with Gasteiger partial charge in [0, 0.05) is 5.56 Å². The lowest BCUT2D eigenvalue weighted by Crippen LogP contribution is -2.30. The molecule has 100 valence electrons. The van der Waals surface area contributed by atoms with Crippen molar-refractivity contribution in [2.24, 2.45) is 5.92 Å². The van der Waals surface area contributed by atoms with Gasteiger partial charge in [0.1, 0.15) is 11.9 Å². The summed E-state index contributed by atoms with van der Waals surface area (Å²) in [5, 5.41) is 3.28. The van der Waals surface area contributed by atoms with E-state index in [9.17, 15) is 4.39 Å². The van der Waals surface area contributed by atoms with Crippen LogP contribution < -0.4 is 10.1 Å². The van der Waals surface area contributed by atoms with Gasteiger partial charge in [-0.15, -0.1) is 0 Å². The van der Waals surface area contributed by atoms with E-state index in [0.717, 1.165) is 42.6 Å². The molecule has 1 atom stereocenters. The van der Waals surface area contributed by atoms with Crippen LogP contribution in [0.25, 0.3) is 0 Å². The maximum Gasteiger partial charge on any atom is 0.132 e. The molecule has 0 aromatic heterocycles. The zero-order valence-corrected chi connectivity index (χ0v) is 11.4. The quantitative estimate of drug-likeness (QED) is 0.889. The van der Waals surface area contributed by atoms with Crippen molar-refractivity contribution in [1.29, 1.82) is 0 Å². The van der Waals surface area contributed by atoms with Gasteiger partial charge in [0.25, 0.3) is 0 Å². The maximum absolute atomic E-state index is 14.8. The molecule has 1 aliphatic rings. The molecule has 2 nitrogen and oxygen atoms in total. The Morgan fingerprint density at radius 1 is 1.28 bits per heavy atom. The minimum absolute atomic E-state index is 0.113. The highest BCUT2D eigenvalue weighted by Gasteiger charge is 2.28. The van der Waals surface area contributed by atoms with Crippen molar-refractivity contribution in [1.82, 2.24) is 5.32 Å². The summed E-state index contributed by atoms with van der Waals surface area (Å²) in [5.74, 6) is 0.806. The van der Waals surface area contributed by atoms with Gasteiger partial charge in [-0.1, -0.05) is 6.07 Å². The molecular weight excluding hydrogens is 229 g/mol. The minimum Gasteiger partial charge on any atom is -0.496 e. The summed E-state index contributed by atoms with van der Waals surface area (Å²) < 4.78 is 20.1. The second kappa shape index (κ2) is 5.70. The number of halogens is 1. The lowest BCUT2D eigenvalue weighted by atomic mass is 9.86. The molecule has 1 heterocycles. The topological polar surface area (TPSA) is 21.3 Å². The molecule has 0 aliphatic carbocycles. The number of alkyl halides is 1. The molecule has 2 rings (SSSR count). The van der Waals surface area contributed by atoms with Gasteiger partial charge in [-0.05, 0) is 62.9 Å². The average molecular weight is 251 g/mol. The highest BCUT2D eigenvalue weighted by Crippen LogP contribution is 2.39. The van der Waals surface area contributed by atoms with E-state index in [1.807, 2.05) is 26.0 Å². The highest BCUT2D eigenvalue weighted by atomic mass is 19.1. The first-order valence-corrected chi connectivity index (χ1v) is 6.63. The zero-order valence-electron chi connectivity index (χ0n) is 11.4. The predicted molar refractivity (Wildman–Crippen MR) is 71.9 cm³/mol.